The van der Waals surface area contributed by atoms with E-state index >= 15 is 0 Å². The van der Waals surface area contributed by atoms with Crippen LogP contribution in [0.15, 0.2) is 36.7 Å². The molecular weight excluding hydrogens is 236 g/mol. The van der Waals surface area contributed by atoms with Crippen LogP contribution in [-0.4, -0.2) is 21.8 Å². The molecule has 4 heteroatoms. The molecule has 0 aliphatic heterocycles. The zero-order valence-electron chi connectivity index (χ0n) is 11.9. The molecule has 2 aromatic rings. The maximum Gasteiger partial charge on any atom is 0.138 e. The molecule has 1 aromatic heterocycles. The van der Waals surface area contributed by atoms with Gasteiger partial charge in [-0.3, -0.25) is 4.68 Å². The number of aryl methyl sites for hydroxylation is 1. The average Bonchev–Trinajstić information content (AvgIpc) is 2.88. The molecule has 0 saturated carbocycles. The minimum atomic E-state index is 0.336. The lowest BCUT2D eigenvalue weighted by molar-refractivity contribution is 0.394. The Morgan fingerprint density at radius 1 is 1.26 bits per heavy atom. The first kappa shape index (κ1) is 13.7. The second-order valence-corrected chi connectivity index (χ2v) is 4.85. The lowest BCUT2D eigenvalue weighted by Gasteiger charge is -2.23. The highest BCUT2D eigenvalue weighted by Crippen LogP contribution is 2.24. The minimum absolute atomic E-state index is 0.336. The van der Waals surface area contributed by atoms with E-state index in [0.717, 1.165) is 18.8 Å². The molecular formula is C15H22N4. The van der Waals surface area contributed by atoms with E-state index in [1.807, 2.05) is 11.7 Å². The number of hydrogen-bond donors (Lipinski definition) is 1. The van der Waals surface area contributed by atoms with Crippen LogP contribution in [0, 0.1) is 5.92 Å². The predicted molar refractivity (Wildman–Crippen MR) is 76.8 cm³/mol. The molecule has 0 bridgehead atoms. The highest BCUT2D eigenvalue weighted by atomic mass is 15.3. The molecule has 2 atom stereocenters. The van der Waals surface area contributed by atoms with E-state index in [9.17, 15) is 0 Å². The third-order valence-corrected chi connectivity index (χ3v) is 3.54. The van der Waals surface area contributed by atoms with Crippen LogP contribution in [0.1, 0.15) is 31.3 Å². The Morgan fingerprint density at radius 2 is 2.00 bits per heavy atom. The van der Waals surface area contributed by atoms with E-state index in [4.69, 9.17) is 0 Å². The summed E-state index contributed by atoms with van der Waals surface area (Å²) >= 11 is 0. The molecule has 19 heavy (non-hydrogen) atoms. The first-order valence-electron chi connectivity index (χ1n) is 6.85. The number of aromatic nitrogens is 3. The number of hydrogen-bond acceptors (Lipinski definition) is 3. The zero-order valence-corrected chi connectivity index (χ0v) is 11.9. The van der Waals surface area contributed by atoms with Crippen LogP contribution in [0.25, 0.3) is 0 Å². The Hall–Kier alpha value is -1.68. The summed E-state index contributed by atoms with van der Waals surface area (Å²) in [6, 6.07) is 10.9. The number of nitrogens with one attached hydrogen (secondary N) is 1. The third kappa shape index (κ3) is 3.20. The van der Waals surface area contributed by atoms with Gasteiger partial charge in [-0.05, 0) is 25.5 Å². The van der Waals surface area contributed by atoms with Crippen molar-refractivity contribution in [3.8, 4) is 0 Å². The quantitative estimate of drug-likeness (QED) is 0.865. The Morgan fingerprint density at radius 3 is 2.63 bits per heavy atom. The van der Waals surface area contributed by atoms with Crippen LogP contribution in [0.4, 0.5) is 0 Å². The topological polar surface area (TPSA) is 42.7 Å². The van der Waals surface area contributed by atoms with Gasteiger partial charge in [0.1, 0.15) is 12.2 Å². The van der Waals surface area contributed by atoms with Crippen molar-refractivity contribution in [2.45, 2.75) is 32.9 Å². The van der Waals surface area contributed by atoms with E-state index in [-0.39, 0.29) is 0 Å². The first-order chi connectivity index (χ1) is 9.26. The number of nitrogens with zero attached hydrogens (tertiary/aromatic N) is 3. The maximum absolute atomic E-state index is 4.36. The third-order valence-electron chi connectivity index (χ3n) is 3.54. The van der Waals surface area contributed by atoms with Crippen molar-refractivity contribution in [2.24, 2.45) is 5.92 Å². The summed E-state index contributed by atoms with van der Waals surface area (Å²) in [5.74, 6) is 1.52. The Balaban J connectivity index is 2.11. The summed E-state index contributed by atoms with van der Waals surface area (Å²) in [5, 5.41) is 7.64. The Kier molecular flexibility index (Phi) is 4.68. The average molecular weight is 258 g/mol. The molecule has 102 valence electrons. The molecule has 1 heterocycles. The molecule has 0 aliphatic rings. The predicted octanol–water partition coefficient (Wildman–Crippen LogP) is 2.44. The molecule has 0 aliphatic carbocycles. The molecule has 1 N–H and O–H groups in total. The fourth-order valence-corrected chi connectivity index (χ4v) is 2.56. The summed E-state index contributed by atoms with van der Waals surface area (Å²) < 4.78 is 1.97. The first-order valence-corrected chi connectivity index (χ1v) is 6.85. The molecule has 2 unspecified atom stereocenters. The highest BCUT2D eigenvalue weighted by Gasteiger charge is 2.19. The lowest BCUT2D eigenvalue weighted by atomic mass is 9.92. The van der Waals surface area contributed by atoms with Crippen molar-refractivity contribution < 1.29 is 0 Å². The van der Waals surface area contributed by atoms with Crippen molar-refractivity contribution >= 4 is 0 Å². The van der Waals surface area contributed by atoms with Gasteiger partial charge in [0, 0.05) is 19.0 Å². The van der Waals surface area contributed by atoms with Gasteiger partial charge in [0.25, 0.3) is 0 Å². The van der Waals surface area contributed by atoms with E-state index in [1.165, 1.54) is 5.56 Å². The van der Waals surface area contributed by atoms with Crippen molar-refractivity contribution in [1.29, 1.82) is 0 Å². The fraction of sp³-hybridized carbons (Fsp3) is 0.467. The Labute approximate surface area is 114 Å². The van der Waals surface area contributed by atoms with Crippen molar-refractivity contribution in [2.75, 3.05) is 7.05 Å². The summed E-state index contributed by atoms with van der Waals surface area (Å²) in [7, 11) is 2.01. The van der Waals surface area contributed by atoms with Gasteiger partial charge in [-0.25, -0.2) is 4.98 Å². The van der Waals surface area contributed by atoms with Crippen LogP contribution in [0.2, 0.25) is 0 Å². The van der Waals surface area contributed by atoms with E-state index < -0.39 is 0 Å². The largest absolute Gasteiger partial charge is 0.313 e. The highest BCUT2D eigenvalue weighted by molar-refractivity contribution is 5.19. The number of rotatable bonds is 6. The monoisotopic (exact) mass is 258 g/mol. The normalized spacial score (nSPS) is 14.3. The molecule has 0 saturated heterocycles. The van der Waals surface area contributed by atoms with Gasteiger partial charge < -0.3 is 5.32 Å². The van der Waals surface area contributed by atoms with Crippen LogP contribution in [0.5, 0.6) is 0 Å². The van der Waals surface area contributed by atoms with Gasteiger partial charge >= 0.3 is 0 Å². The second-order valence-electron chi connectivity index (χ2n) is 4.85. The van der Waals surface area contributed by atoms with Gasteiger partial charge in [-0.15, -0.1) is 0 Å². The molecule has 2 rings (SSSR count). The maximum atomic E-state index is 4.36. The molecule has 0 amide bonds. The zero-order chi connectivity index (χ0) is 13.7. The molecule has 4 nitrogen and oxygen atoms in total. The lowest BCUT2D eigenvalue weighted by Crippen LogP contribution is -2.25. The Bertz CT molecular complexity index is 492. The summed E-state index contributed by atoms with van der Waals surface area (Å²) in [4.78, 5) is 4.36. The van der Waals surface area contributed by atoms with Crippen molar-refractivity contribution in [1.82, 2.24) is 20.1 Å². The summed E-state index contributed by atoms with van der Waals surface area (Å²) in [5.41, 5.74) is 1.32. The fourth-order valence-electron chi connectivity index (χ4n) is 2.56. The summed E-state index contributed by atoms with van der Waals surface area (Å²) in [6.07, 6.45) is 2.57. The molecule has 0 spiro atoms. The standard InChI is InChI=1S/C15H22N4/c1-4-19-14(17-11-18-19)10-12(2)15(16-3)13-8-6-5-7-9-13/h5-9,11-12,15-16H,4,10H2,1-3H3. The molecule has 0 radical (unpaired) electrons. The van der Waals surface area contributed by atoms with Crippen LogP contribution in [-0.2, 0) is 13.0 Å². The van der Waals surface area contributed by atoms with Crippen molar-refractivity contribution in [3.63, 3.8) is 0 Å². The van der Waals surface area contributed by atoms with Gasteiger partial charge in [0.15, 0.2) is 0 Å². The molecule has 0 fully saturated rings. The van der Waals surface area contributed by atoms with Crippen molar-refractivity contribution in [3.05, 3.63) is 48.0 Å². The van der Waals surface area contributed by atoms with Crippen LogP contribution < -0.4 is 5.32 Å². The molecule has 1 aromatic carbocycles. The van der Waals surface area contributed by atoms with Gasteiger partial charge in [-0.2, -0.15) is 5.10 Å². The minimum Gasteiger partial charge on any atom is -0.313 e. The van der Waals surface area contributed by atoms with Gasteiger partial charge in [-0.1, -0.05) is 37.3 Å². The summed E-state index contributed by atoms with van der Waals surface area (Å²) in [6.45, 7) is 5.22. The van der Waals surface area contributed by atoms with Crippen LogP contribution >= 0.6 is 0 Å². The SMILES string of the molecule is CCn1ncnc1CC(C)C(NC)c1ccccc1. The van der Waals surface area contributed by atoms with E-state index in [1.54, 1.807) is 6.33 Å². The van der Waals surface area contributed by atoms with Gasteiger partial charge in [0.05, 0.1) is 0 Å². The van der Waals surface area contributed by atoms with E-state index in [2.05, 4.69) is 59.6 Å². The smallest absolute Gasteiger partial charge is 0.138 e. The number of benzene rings is 1. The second kappa shape index (κ2) is 6.48. The van der Waals surface area contributed by atoms with Gasteiger partial charge in [0.2, 0.25) is 0 Å². The van der Waals surface area contributed by atoms with E-state index in [0.29, 0.717) is 12.0 Å². The van der Waals surface area contributed by atoms with Crippen LogP contribution in [0.3, 0.4) is 0 Å².